The maximum absolute atomic E-state index is 12.2. The van der Waals surface area contributed by atoms with Gasteiger partial charge in [-0.05, 0) is 56.7 Å². The number of hydrogen-bond acceptors (Lipinski definition) is 3. The number of amides is 1. The highest BCUT2D eigenvalue weighted by Crippen LogP contribution is 2.40. The van der Waals surface area contributed by atoms with Gasteiger partial charge in [-0.15, -0.1) is 0 Å². The van der Waals surface area contributed by atoms with Gasteiger partial charge in [-0.1, -0.05) is 30.0 Å². The minimum atomic E-state index is -1.14. The number of ether oxygens (including phenoxy) is 1. The Morgan fingerprint density at radius 3 is 2.83 bits per heavy atom. The van der Waals surface area contributed by atoms with Crippen LogP contribution in [-0.4, -0.2) is 34.9 Å². The third-order valence-electron chi connectivity index (χ3n) is 4.61. The van der Waals surface area contributed by atoms with Gasteiger partial charge in [0.2, 0.25) is 0 Å². The number of allylic oxidation sites excluding steroid dienone is 1. The van der Waals surface area contributed by atoms with Crippen LogP contribution in [0.5, 0.6) is 0 Å². The molecule has 1 amide bonds. The summed E-state index contributed by atoms with van der Waals surface area (Å²) in [6.45, 7) is 2.82. The number of benzene rings is 1. The summed E-state index contributed by atoms with van der Waals surface area (Å²) in [6.07, 6.45) is 3.52. The van der Waals surface area contributed by atoms with Crippen molar-refractivity contribution in [3.8, 4) is 11.8 Å². The number of carbonyl (C=O) groups is 1. The Balaban J connectivity index is 1.93. The van der Waals surface area contributed by atoms with Crippen LogP contribution in [0.4, 0.5) is 4.79 Å². The van der Waals surface area contributed by atoms with Gasteiger partial charge in [0.25, 0.3) is 0 Å². The van der Waals surface area contributed by atoms with Gasteiger partial charge in [0.1, 0.15) is 5.60 Å². The van der Waals surface area contributed by atoms with Crippen LogP contribution in [0.3, 0.4) is 0 Å². The number of aliphatic hydroxyl groups is 1. The molecule has 0 radical (unpaired) electrons. The second-order valence-corrected chi connectivity index (χ2v) is 6.21. The third kappa shape index (κ3) is 3.32. The highest BCUT2D eigenvalue weighted by Gasteiger charge is 2.40. The van der Waals surface area contributed by atoms with Crippen LogP contribution in [0.2, 0.25) is 0 Å². The van der Waals surface area contributed by atoms with Gasteiger partial charge < -0.3 is 9.84 Å². The van der Waals surface area contributed by atoms with Gasteiger partial charge in [-0.2, -0.15) is 0 Å². The molecule has 1 heterocycles. The zero-order valence-corrected chi connectivity index (χ0v) is 14.0. The summed E-state index contributed by atoms with van der Waals surface area (Å²) in [7, 11) is 0. The SMILES string of the molecule is CCOC(=O)N1CCCC2=C1CCCC2(O)C#Cc1ccccc1. The molecule has 2 aliphatic rings. The molecule has 0 saturated carbocycles. The molecule has 0 bridgehead atoms. The lowest BCUT2D eigenvalue weighted by molar-refractivity contribution is 0.0863. The van der Waals surface area contributed by atoms with Crippen LogP contribution in [0.1, 0.15) is 44.6 Å². The molecular weight excluding hydrogens is 302 g/mol. The van der Waals surface area contributed by atoms with Crippen LogP contribution in [0.25, 0.3) is 0 Å². The summed E-state index contributed by atoms with van der Waals surface area (Å²) in [5, 5.41) is 11.1. The van der Waals surface area contributed by atoms with Crippen molar-refractivity contribution < 1.29 is 14.6 Å². The predicted molar refractivity (Wildman–Crippen MR) is 92.1 cm³/mol. The first kappa shape index (κ1) is 16.6. The fourth-order valence-electron chi connectivity index (χ4n) is 3.49. The standard InChI is InChI=1S/C20H23NO3/c1-2-24-19(22)21-15-7-10-17-18(21)11-6-13-20(17,23)14-12-16-8-4-3-5-9-16/h3-5,8-9,23H,2,6-7,10-11,13,15H2,1H3. The fourth-order valence-corrected chi connectivity index (χ4v) is 3.49. The fraction of sp³-hybridized carbons (Fsp3) is 0.450. The summed E-state index contributed by atoms with van der Waals surface area (Å²) < 4.78 is 5.16. The highest BCUT2D eigenvalue weighted by atomic mass is 16.6. The first-order chi connectivity index (χ1) is 11.6. The summed E-state index contributed by atoms with van der Waals surface area (Å²) in [4.78, 5) is 13.9. The van der Waals surface area contributed by atoms with Crippen molar-refractivity contribution in [2.45, 2.75) is 44.6 Å². The van der Waals surface area contributed by atoms with E-state index in [2.05, 4.69) is 11.8 Å². The van der Waals surface area contributed by atoms with Gasteiger partial charge in [0, 0.05) is 17.8 Å². The van der Waals surface area contributed by atoms with E-state index in [4.69, 9.17) is 4.74 Å². The largest absolute Gasteiger partial charge is 0.449 e. The normalized spacial score (nSPS) is 23.2. The monoisotopic (exact) mass is 325 g/mol. The van der Waals surface area contributed by atoms with Gasteiger partial charge in [-0.25, -0.2) is 4.79 Å². The molecule has 3 rings (SSSR count). The number of carbonyl (C=O) groups excluding carboxylic acids is 1. The van der Waals surface area contributed by atoms with E-state index in [-0.39, 0.29) is 6.09 Å². The van der Waals surface area contributed by atoms with Crippen LogP contribution in [0.15, 0.2) is 41.6 Å². The van der Waals surface area contributed by atoms with Crippen molar-refractivity contribution >= 4 is 6.09 Å². The maximum Gasteiger partial charge on any atom is 0.414 e. The molecule has 1 N–H and O–H groups in total. The lowest BCUT2D eigenvalue weighted by Crippen LogP contribution is -2.43. The van der Waals surface area contributed by atoms with E-state index in [1.165, 1.54) is 0 Å². The Morgan fingerprint density at radius 1 is 1.29 bits per heavy atom. The van der Waals surface area contributed by atoms with E-state index in [1.807, 2.05) is 30.3 Å². The quantitative estimate of drug-likeness (QED) is 0.805. The molecule has 24 heavy (non-hydrogen) atoms. The lowest BCUT2D eigenvalue weighted by atomic mass is 9.77. The molecule has 1 aliphatic carbocycles. The van der Waals surface area contributed by atoms with Crippen LogP contribution in [-0.2, 0) is 4.74 Å². The second-order valence-electron chi connectivity index (χ2n) is 6.21. The van der Waals surface area contributed by atoms with Crippen LogP contribution < -0.4 is 0 Å². The number of rotatable bonds is 1. The van der Waals surface area contributed by atoms with E-state index < -0.39 is 5.60 Å². The van der Waals surface area contributed by atoms with Crippen molar-refractivity contribution in [1.82, 2.24) is 4.90 Å². The van der Waals surface area contributed by atoms with Gasteiger partial charge in [0.05, 0.1) is 6.61 Å². The first-order valence-electron chi connectivity index (χ1n) is 8.61. The Bertz CT molecular complexity index is 699. The van der Waals surface area contributed by atoms with E-state index >= 15 is 0 Å². The molecule has 4 heteroatoms. The average molecular weight is 325 g/mol. The summed E-state index contributed by atoms with van der Waals surface area (Å²) in [5.74, 6) is 6.16. The van der Waals surface area contributed by atoms with Crippen LogP contribution >= 0.6 is 0 Å². The minimum absolute atomic E-state index is 0.315. The van der Waals surface area contributed by atoms with E-state index in [1.54, 1.807) is 11.8 Å². The molecule has 0 aromatic heterocycles. The molecule has 0 fully saturated rings. The molecule has 1 aromatic carbocycles. The Hall–Kier alpha value is -2.25. The molecule has 4 nitrogen and oxygen atoms in total. The minimum Gasteiger partial charge on any atom is -0.449 e. The van der Waals surface area contributed by atoms with Gasteiger partial charge in [0.15, 0.2) is 0 Å². The number of hydrogen-bond donors (Lipinski definition) is 1. The summed E-state index contributed by atoms with van der Waals surface area (Å²) in [6, 6.07) is 9.67. The molecular formula is C20H23NO3. The lowest BCUT2D eigenvalue weighted by Gasteiger charge is -2.40. The average Bonchev–Trinajstić information content (AvgIpc) is 2.61. The zero-order valence-electron chi connectivity index (χ0n) is 14.0. The van der Waals surface area contributed by atoms with E-state index in [0.717, 1.165) is 42.5 Å². The van der Waals surface area contributed by atoms with Crippen molar-refractivity contribution in [2.75, 3.05) is 13.2 Å². The Labute approximate surface area is 143 Å². The molecule has 1 aromatic rings. The smallest absolute Gasteiger partial charge is 0.414 e. The first-order valence-corrected chi connectivity index (χ1v) is 8.61. The van der Waals surface area contributed by atoms with Crippen LogP contribution in [0, 0.1) is 11.8 Å². The van der Waals surface area contributed by atoms with Crippen molar-refractivity contribution in [2.24, 2.45) is 0 Å². The molecule has 1 aliphatic heterocycles. The van der Waals surface area contributed by atoms with Crippen molar-refractivity contribution in [3.05, 3.63) is 47.2 Å². The van der Waals surface area contributed by atoms with E-state index in [0.29, 0.717) is 19.6 Å². The molecule has 1 atom stereocenters. The van der Waals surface area contributed by atoms with E-state index in [9.17, 15) is 9.90 Å². The third-order valence-corrected chi connectivity index (χ3v) is 4.61. The van der Waals surface area contributed by atoms with Gasteiger partial charge >= 0.3 is 6.09 Å². The highest BCUT2D eigenvalue weighted by molar-refractivity contribution is 5.71. The van der Waals surface area contributed by atoms with Crippen molar-refractivity contribution in [1.29, 1.82) is 0 Å². The second kappa shape index (κ2) is 7.11. The maximum atomic E-state index is 12.2. The zero-order chi connectivity index (χ0) is 17.0. The summed E-state index contributed by atoms with van der Waals surface area (Å²) in [5.41, 5.74) is 1.55. The molecule has 0 spiro atoms. The Kier molecular flexibility index (Phi) is 4.92. The summed E-state index contributed by atoms with van der Waals surface area (Å²) >= 11 is 0. The number of nitrogens with zero attached hydrogens (tertiary/aromatic N) is 1. The van der Waals surface area contributed by atoms with Gasteiger partial charge in [-0.3, -0.25) is 4.90 Å². The Morgan fingerprint density at radius 2 is 2.08 bits per heavy atom. The topological polar surface area (TPSA) is 49.8 Å². The molecule has 1 unspecified atom stereocenters. The molecule has 0 saturated heterocycles. The van der Waals surface area contributed by atoms with Crippen molar-refractivity contribution in [3.63, 3.8) is 0 Å². The molecule has 126 valence electrons. The predicted octanol–water partition coefficient (Wildman–Crippen LogP) is 3.46.